The predicted molar refractivity (Wildman–Crippen MR) is 110 cm³/mol. The number of carbonyl (C=O) groups is 2. The fourth-order valence-corrected chi connectivity index (χ4v) is 5.03. The Labute approximate surface area is 175 Å². The lowest BCUT2D eigenvalue weighted by atomic mass is 10.0. The maximum absolute atomic E-state index is 13.3. The summed E-state index contributed by atoms with van der Waals surface area (Å²) in [6.07, 6.45) is 10.0. The minimum absolute atomic E-state index is 0.134. The molecule has 9 heteroatoms. The normalized spacial score (nSPS) is 25.7. The highest BCUT2D eigenvalue weighted by Crippen LogP contribution is 2.57. The van der Waals surface area contributed by atoms with Crippen LogP contribution < -0.4 is 9.80 Å². The first-order chi connectivity index (χ1) is 14.5. The van der Waals surface area contributed by atoms with Crippen LogP contribution in [0.4, 0.5) is 11.5 Å². The van der Waals surface area contributed by atoms with Crippen molar-refractivity contribution in [3.8, 4) is 5.95 Å². The number of esters is 1. The standard InChI is InChI=1S/C21H26N6O3/c1-4-30-18(28)14-10-23-26(12-14)20-22-11-16-17(24-20)27(15-7-5-6-8-15)21(9-13(21)2)19(29)25(16)3/h10-13,15H,4-9H2,1-3H3/t13-,21?/m1/s1. The average Bonchev–Trinajstić information content (AvgIpc) is 3.17. The molecule has 0 aromatic carbocycles. The number of aromatic nitrogens is 4. The summed E-state index contributed by atoms with van der Waals surface area (Å²) in [7, 11) is 1.80. The highest BCUT2D eigenvalue weighted by molar-refractivity contribution is 6.09. The molecule has 0 N–H and O–H groups in total. The smallest absolute Gasteiger partial charge is 0.341 e. The van der Waals surface area contributed by atoms with Gasteiger partial charge in [-0.1, -0.05) is 19.8 Å². The zero-order chi connectivity index (χ0) is 21.0. The number of rotatable bonds is 4. The summed E-state index contributed by atoms with van der Waals surface area (Å²) in [5.74, 6) is 1.16. The Hall–Kier alpha value is -2.97. The third kappa shape index (κ3) is 2.64. The van der Waals surface area contributed by atoms with Gasteiger partial charge in [0.2, 0.25) is 0 Å². The maximum Gasteiger partial charge on any atom is 0.341 e. The second kappa shape index (κ2) is 6.78. The Morgan fingerprint density at radius 2 is 2.03 bits per heavy atom. The maximum atomic E-state index is 13.3. The number of carbonyl (C=O) groups excluding carboxylic acids is 2. The first-order valence-corrected chi connectivity index (χ1v) is 10.6. The van der Waals surface area contributed by atoms with Crippen LogP contribution in [0.25, 0.3) is 5.95 Å². The minimum Gasteiger partial charge on any atom is -0.462 e. The van der Waals surface area contributed by atoms with Gasteiger partial charge in [0.15, 0.2) is 5.82 Å². The van der Waals surface area contributed by atoms with Gasteiger partial charge in [-0.2, -0.15) is 10.1 Å². The molecular weight excluding hydrogens is 384 g/mol. The fraction of sp³-hybridized carbons (Fsp3) is 0.571. The monoisotopic (exact) mass is 410 g/mol. The Kier molecular flexibility index (Phi) is 4.30. The number of anilines is 2. The molecule has 2 saturated carbocycles. The van der Waals surface area contributed by atoms with Crippen LogP contribution in [0.15, 0.2) is 18.6 Å². The molecule has 1 spiro atoms. The Balaban J connectivity index is 1.58. The number of fused-ring (bicyclic) bond motifs is 1. The van der Waals surface area contributed by atoms with Crippen molar-refractivity contribution in [2.45, 2.75) is 57.5 Å². The van der Waals surface area contributed by atoms with E-state index in [9.17, 15) is 9.59 Å². The molecule has 3 aliphatic rings. The zero-order valence-electron chi connectivity index (χ0n) is 17.5. The van der Waals surface area contributed by atoms with Gasteiger partial charge in [0.05, 0.1) is 24.6 Å². The molecule has 2 fully saturated rings. The van der Waals surface area contributed by atoms with Crippen molar-refractivity contribution >= 4 is 23.4 Å². The van der Waals surface area contributed by atoms with Crippen LogP contribution in [-0.2, 0) is 9.53 Å². The largest absolute Gasteiger partial charge is 0.462 e. The molecule has 2 aromatic heterocycles. The van der Waals surface area contributed by atoms with E-state index in [0.29, 0.717) is 30.1 Å². The number of hydrogen-bond donors (Lipinski definition) is 0. The van der Waals surface area contributed by atoms with E-state index in [1.165, 1.54) is 23.7 Å². The number of likely N-dealkylation sites (N-methyl/N-ethyl adjacent to an activating group) is 1. The zero-order valence-corrected chi connectivity index (χ0v) is 17.5. The molecule has 2 aliphatic carbocycles. The summed E-state index contributed by atoms with van der Waals surface area (Å²) in [6.45, 7) is 4.20. The molecular formula is C21H26N6O3. The van der Waals surface area contributed by atoms with Crippen molar-refractivity contribution in [3.05, 3.63) is 24.2 Å². The van der Waals surface area contributed by atoms with Crippen molar-refractivity contribution < 1.29 is 14.3 Å². The average molecular weight is 410 g/mol. The van der Waals surface area contributed by atoms with E-state index in [0.717, 1.165) is 30.8 Å². The Bertz CT molecular complexity index is 1010. The summed E-state index contributed by atoms with van der Waals surface area (Å²) < 4.78 is 6.52. The summed E-state index contributed by atoms with van der Waals surface area (Å²) in [4.78, 5) is 38.6. The van der Waals surface area contributed by atoms with Crippen molar-refractivity contribution in [2.24, 2.45) is 5.92 Å². The van der Waals surface area contributed by atoms with Gasteiger partial charge in [0.1, 0.15) is 11.2 Å². The SMILES string of the molecule is CCOC(=O)c1cnn(-c2ncc3c(n2)N(C2CCCC2)C2(C[C@H]2C)C(=O)N3C)c1. The molecule has 1 amide bonds. The van der Waals surface area contributed by atoms with E-state index in [1.54, 1.807) is 31.3 Å². The topological polar surface area (TPSA) is 93.5 Å². The van der Waals surface area contributed by atoms with Crippen molar-refractivity contribution in [3.63, 3.8) is 0 Å². The van der Waals surface area contributed by atoms with E-state index in [-0.39, 0.29) is 5.91 Å². The summed E-state index contributed by atoms with van der Waals surface area (Å²) >= 11 is 0. The first kappa shape index (κ1) is 19.0. The highest BCUT2D eigenvalue weighted by Gasteiger charge is 2.66. The van der Waals surface area contributed by atoms with Crippen molar-refractivity contribution in [1.82, 2.24) is 19.7 Å². The molecule has 0 saturated heterocycles. The summed E-state index contributed by atoms with van der Waals surface area (Å²) in [5, 5.41) is 4.25. The number of amides is 1. The van der Waals surface area contributed by atoms with Gasteiger partial charge in [0, 0.05) is 19.3 Å². The van der Waals surface area contributed by atoms with Crippen LogP contribution in [0.3, 0.4) is 0 Å². The fourth-order valence-electron chi connectivity index (χ4n) is 5.03. The molecule has 30 heavy (non-hydrogen) atoms. The van der Waals surface area contributed by atoms with Gasteiger partial charge in [-0.15, -0.1) is 0 Å². The lowest BCUT2D eigenvalue weighted by Gasteiger charge is -2.45. The van der Waals surface area contributed by atoms with E-state index < -0.39 is 11.5 Å². The third-order valence-corrected chi connectivity index (χ3v) is 6.69. The van der Waals surface area contributed by atoms with Gasteiger partial charge in [-0.05, 0) is 32.1 Å². The van der Waals surface area contributed by atoms with Gasteiger partial charge in [-0.25, -0.2) is 14.5 Å². The Morgan fingerprint density at radius 3 is 2.70 bits per heavy atom. The molecule has 0 bridgehead atoms. The molecule has 1 unspecified atom stereocenters. The van der Waals surface area contributed by atoms with E-state index >= 15 is 0 Å². The van der Waals surface area contributed by atoms with Crippen LogP contribution in [0.2, 0.25) is 0 Å². The summed E-state index contributed by atoms with van der Waals surface area (Å²) in [5.41, 5.74) is 0.575. The van der Waals surface area contributed by atoms with E-state index in [4.69, 9.17) is 9.72 Å². The van der Waals surface area contributed by atoms with E-state index in [1.807, 2.05) is 0 Å². The minimum atomic E-state index is -0.497. The molecule has 5 rings (SSSR count). The van der Waals surface area contributed by atoms with Crippen LogP contribution >= 0.6 is 0 Å². The molecule has 0 radical (unpaired) electrons. The van der Waals surface area contributed by atoms with Gasteiger partial charge < -0.3 is 14.5 Å². The van der Waals surface area contributed by atoms with Gasteiger partial charge in [-0.3, -0.25) is 4.79 Å². The lowest BCUT2D eigenvalue weighted by Crippen LogP contribution is -2.59. The third-order valence-electron chi connectivity index (χ3n) is 6.69. The predicted octanol–water partition coefficient (Wildman–Crippen LogP) is 2.34. The van der Waals surface area contributed by atoms with Crippen LogP contribution in [-0.4, -0.2) is 56.9 Å². The molecule has 2 atom stereocenters. The number of hydrogen-bond acceptors (Lipinski definition) is 7. The molecule has 3 heterocycles. The molecule has 158 valence electrons. The number of nitrogens with zero attached hydrogens (tertiary/aromatic N) is 6. The van der Waals surface area contributed by atoms with Gasteiger partial charge >= 0.3 is 5.97 Å². The van der Waals surface area contributed by atoms with Crippen molar-refractivity contribution in [1.29, 1.82) is 0 Å². The van der Waals surface area contributed by atoms with Crippen LogP contribution in [0, 0.1) is 5.92 Å². The van der Waals surface area contributed by atoms with Gasteiger partial charge in [0.25, 0.3) is 11.9 Å². The first-order valence-electron chi connectivity index (χ1n) is 10.6. The molecule has 2 aromatic rings. The number of ether oxygens (including phenoxy) is 1. The second-order valence-electron chi connectivity index (χ2n) is 8.47. The highest BCUT2D eigenvalue weighted by atomic mass is 16.5. The Morgan fingerprint density at radius 1 is 1.30 bits per heavy atom. The van der Waals surface area contributed by atoms with Crippen LogP contribution in [0.5, 0.6) is 0 Å². The second-order valence-corrected chi connectivity index (χ2v) is 8.47. The summed E-state index contributed by atoms with van der Waals surface area (Å²) in [6, 6.07) is 0.307. The van der Waals surface area contributed by atoms with Crippen LogP contribution in [0.1, 0.15) is 56.3 Å². The lowest BCUT2D eigenvalue weighted by molar-refractivity contribution is -0.121. The molecule has 9 nitrogen and oxygen atoms in total. The van der Waals surface area contributed by atoms with Crippen molar-refractivity contribution in [2.75, 3.05) is 23.5 Å². The quantitative estimate of drug-likeness (QED) is 0.714. The molecule has 1 aliphatic heterocycles. The van der Waals surface area contributed by atoms with E-state index in [2.05, 4.69) is 21.9 Å².